The molecule has 0 bridgehead atoms. The Morgan fingerprint density at radius 1 is 1.71 bits per heavy atom. The van der Waals surface area contributed by atoms with Gasteiger partial charge < -0.3 is 10.5 Å². The summed E-state index contributed by atoms with van der Waals surface area (Å²) < 4.78 is 29.3. The highest BCUT2D eigenvalue weighted by Gasteiger charge is 2.18. The molecule has 0 aromatic carbocycles. The van der Waals surface area contributed by atoms with Gasteiger partial charge in [0.15, 0.2) is 0 Å². The first-order valence-corrected chi connectivity index (χ1v) is 4.54. The van der Waals surface area contributed by atoms with Gasteiger partial charge in [-0.3, -0.25) is 4.79 Å². The van der Waals surface area contributed by atoms with Crippen molar-refractivity contribution < 1.29 is 18.3 Å². The van der Waals surface area contributed by atoms with Crippen LogP contribution in [0, 0.1) is 11.3 Å². The molecule has 0 saturated carbocycles. The minimum Gasteiger partial charge on any atom is -0.469 e. The van der Waals surface area contributed by atoms with E-state index in [2.05, 4.69) is 9.72 Å². The van der Waals surface area contributed by atoms with Crippen LogP contribution in [0.5, 0.6) is 0 Å². The molecule has 1 aromatic heterocycles. The predicted molar refractivity (Wildman–Crippen MR) is 54.0 cm³/mol. The molecule has 0 aliphatic rings. The lowest BCUT2D eigenvalue weighted by atomic mass is 10.1. The van der Waals surface area contributed by atoms with Crippen LogP contribution in [-0.2, 0) is 16.0 Å². The Labute approximate surface area is 95.8 Å². The molecule has 0 unspecified atom stereocenters. The van der Waals surface area contributed by atoms with Crippen LogP contribution in [0.1, 0.15) is 23.2 Å². The Morgan fingerprint density at radius 2 is 2.35 bits per heavy atom. The largest absolute Gasteiger partial charge is 0.469 e. The van der Waals surface area contributed by atoms with E-state index in [9.17, 15) is 13.6 Å². The van der Waals surface area contributed by atoms with Crippen LogP contribution in [0.3, 0.4) is 0 Å². The second kappa shape index (κ2) is 5.21. The molecule has 1 aromatic rings. The number of halogens is 2. The van der Waals surface area contributed by atoms with Crippen LogP contribution in [-0.4, -0.2) is 18.1 Å². The van der Waals surface area contributed by atoms with Crippen molar-refractivity contribution in [2.45, 2.75) is 12.8 Å². The highest BCUT2D eigenvalue weighted by molar-refractivity contribution is 5.74. The molecule has 1 rings (SSSR count). The van der Waals surface area contributed by atoms with Gasteiger partial charge in [-0.25, -0.2) is 13.8 Å². The molecule has 5 nitrogen and oxygen atoms in total. The second-order valence-corrected chi connectivity index (χ2v) is 3.13. The van der Waals surface area contributed by atoms with Gasteiger partial charge in [-0.1, -0.05) is 0 Å². The summed E-state index contributed by atoms with van der Waals surface area (Å²) in [5.41, 5.74) is 4.80. The van der Waals surface area contributed by atoms with Crippen LogP contribution in [0.25, 0.3) is 0 Å². The average molecular weight is 241 g/mol. The maximum Gasteiger partial charge on any atom is 0.310 e. The van der Waals surface area contributed by atoms with Crippen LogP contribution in [0.15, 0.2) is 6.07 Å². The third-order valence-corrected chi connectivity index (χ3v) is 2.05. The summed E-state index contributed by atoms with van der Waals surface area (Å²) in [7, 11) is 1.16. The SMILES string of the molecule is COC(=O)Cc1cc(C(F)F)nc(N)c1C#N. The summed E-state index contributed by atoms with van der Waals surface area (Å²) in [5, 5.41) is 8.80. The highest BCUT2D eigenvalue weighted by Crippen LogP contribution is 2.23. The Balaban J connectivity index is 3.25. The van der Waals surface area contributed by atoms with Gasteiger partial charge in [0.05, 0.1) is 19.1 Å². The molecule has 0 aliphatic heterocycles. The normalized spacial score (nSPS) is 10.1. The number of aromatic nitrogens is 1. The molecule has 90 valence electrons. The third kappa shape index (κ3) is 2.87. The number of ether oxygens (including phenoxy) is 1. The summed E-state index contributed by atoms with van der Waals surface area (Å²) in [6, 6.07) is 2.70. The van der Waals surface area contributed by atoms with Crippen LogP contribution in [0.4, 0.5) is 14.6 Å². The van der Waals surface area contributed by atoms with Gasteiger partial charge in [0.1, 0.15) is 17.6 Å². The fraction of sp³-hybridized carbons (Fsp3) is 0.300. The number of hydrogen-bond donors (Lipinski definition) is 1. The minimum absolute atomic E-state index is 0.0835. The van der Waals surface area contributed by atoms with E-state index in [1.165, 1.54) is 0 Å². The van der Waals surface area contributed by atoms with Gasteiger partial charge in [-0.15, -0.1) is 0 Å². The number of nitriles is 1. The molecule has 0 fully saturated rings. The first kappa shape index (κ1) is 12.8. The van der Waals surface area contributed by atoms with Crippen molar-refractivity contribution >= 4 is 11.8 Å². The van der Waals surface area contributed by atoms with Crippen LogP contribution in [0.2, 0.25) is 0 Å². The molecule has 0 radical (unpaired) electrons. The maximum atomic E-state index is 12.5. The Hall–Kier alpha value is -2.23. The molecule has 0 aliphatic carbocycles. The minimum atomic E-state index is -2.82. The van der Waals surface area contributed by atoms with Gasteiger partial charge in [0, 0.05) is 0 Å². The molecular weight excluding hydrogens is 232 g/mol. The second-order valence-electron chi connectivity index (χ2n) is 3.13. The molecule has 2 N–H and O–H groups in total. The summed E-state index contributed by atoms with van der Waals surface area (Å²) in [6.45, 7) is 0. The number of esters is 1. The van der Waals surface area contributed by atoms with Gasteiger partial charge in [0.25, 0.3) is 6.43 Å². The Kier molecular flexibility index (Phi) is 3.93. The number of rotatable bonds is 3. The van der Waals surface area contributed by atoms with Crippen LogP contribution >= 0.6 is 0 Å². The lowest BCUT2D eigenvalue weighted by Crippen LogP contribution is -2.10. The number of carbonyl (C=O) groups is 1. The number of carbonyl (C=O) groups excluding carboxylic acids is 1. The fourth-order valence-corrected chi connectivity index (χ4v) is 1.25. The first-order valence-electron chi connectivity index (χ1n) is 4.54. The molecule has 0 saturated heterocycles. The summed E-state index contributed by atoms with van der Waals surface area (Å²) in [6.07, 6.45) is -3.12. The number of anilines is 1. The molecular formula is C10H9F2N3O2. The molecule has 0 atom stereocenters. The number of nitrogen functional groups attached to an aromatic ring is 1. The van der Waals surface area contributed by atoms with E-state index in [0.29, 0.717) is 0 Å². The van der Waals surface area contributed by atoms with E-state index in [1.807, 2.05) is 0 Å². The first-order chi connectivity index (χ1) is 7.99. The zero-order valence-electron chi connectivity index (χ0n) is 8.91. The van der Waals surface area contributed by atoms with Gasteiger partial charge in [0.2, 0.25) is 0 Å². The standard InChI is InChI=1S/C10H9F2N3O2/c1-17-8(16)3-5-2-7(9(11)12)15-10(14)6(5)4-13/h2,9H,3H2,1H3,(H2,14,15). The van der Waals surface area contributed by atoms with Crippen molar-refractivity contribution in [3.05, 3.63) is 22.9 Å². The summed E-state index contributed by atoms with van der Waals surface area (Å²) in [5.74, 6) is -0.962. The van der Waals surface area contributed by atoms with E-state index >= 15 is 0 Å². The van der Waals surface area contributed by atoms with E-state index < -0.39 is 18.1 Å². The number of alkyl halides is 2. The van der Waals surface area contributed by atoms with Crippen molar-refractivity contribution in [3.63, 3.8) is 0 Å². The van der Waals surface area contributed by atoms with Gasteiger partial charge in [-0.2, -0.15) is 5.26 Å². The number of nitrogens with two attached hydrogens (primary N) is 1. The van der Waals surface area contributed by atoms with Crippen LogP contribution < -0.4 is 5.73 Å². The Morgan fingerprint density at radius 3 is 2.82 bits per heavy atom. The van der Waals surface area contributed by atoms with Crippen molar-refractivity contribution in [2.75, 3.05) is 12.8 Å². The van der Waals surface area contributed by atoms with Gasteiger partial charge >= 0.3 is 5.97 Å². The van der Waals surface area contributed by atoms with Crippen molar-refractivity contribution in [3.8, 4) is 6.07 Å². The summed E-state index contributed by atoms with van der Waals surface area (Å²) >= 11 is 0. The number of nitrogens with zero attached hydrogens (tertiary/aromatic N) is 2. The maximum absolute atomic E-state index is 12.5. The quantitative estimate of drug-likeness (QED) is 0.803. The van der Waals surface area contributed by atoms with E-state index in [-0.39, 0.29) is 23.4 Å². The Bertz CT molecular complexity index is 483. The lowest BCUT2D eigenvalue weighted by molar-refractivity contribution is -0.139. The van der Waals surface area contributed by atoms with Crippen molar-refractivity contribution in [1.82, 2.24) is 4.98 Å². The predicted octanol–water partition coefficient (Wildman–Crippen LogP) is 1.19. The fourth-order valence-electron chi connectivity index (χ4n) is 1.25. The summed E-state index contributed by atoms with van der Waals surface area (Å²) in [4.78, 5) is 14.5. The smallest absolute Gasteiger partial charge is 0.310 e. The molecule has 0 amide bonds. The third-order valence-electron chi connectivity index (χ3n) is 2.05. The van der Waals surface area contributed by atoms with E-state index in [0.717, 1.165) is 13.2 Å². The number of hydrogen-bond acceptors (Lipinski definition) is 5. The molecule has 0 spiro atoms. The van der Waals surface area contributed by atoms with E-state index in [4.69, 9.17) is 11.0 Å². The molecule has 7 heteroatoms. The monoisotopic (exact) mass is 241 g/mol. The molecule has 1 heterocycles. The van der Waals surface area contributed by atoms with Crippen molar-refractivity contribution in [1.29, 1.82) is 5.26 Å². The number of pyridine rings is 1. The topological polar surface area (TPSA) is 89.0 Å². The van der Waals surface area contributed by atoms with Gasteiger partial charge in [-0.05, 0) is 11.6 Å². The molecule has 17 heavy (non-hydrogen) atoms. The highest BCUT2D eigenvalue weighted by atomic mass is 19.3. The lowest BCUT2D eigenvalue weighted by Gasteiger charge is -2.08. The van der Waals surface area contributed by atoms with Crippen molar-refractivity contribution in [2.24, 2.45) is 0 Å². The zero-order valence-corrected chi connectivity index (χ0v) is 8.91. The zero-order chi connectivity index (χ0) is 13.0. The number of methoxy groups -OCH3 is 1. The average Bonchev–Trinajstić information content (AvgIpc) is 2.28. The van der Waals surface area contributed by atoms with E-state index in [1.54, 1.807) is 6.07 Å².